The number of nitrogens with zero attached hydrogens (tertiary/aromatic N) is 1. The van der Waals surface area contributed by atoms with E-state index in [1.807, 2.05) is 30.3 Å². The largest absolute Gasteiger partial charge is 0.294 e. The zero-order chi connectivity index (χ0) is 13.1. The molecule has 1 aliphatic rings. The van der Waals surface area contributed by atoms with Crippen molar-refractivity contribution in [1.29, 1.82) is 0 Å². The van der Waals surface area contributed by atoms with Crippen molar-refractivity contribution in [3.05, 3.63) is 42.1 Å². The fraction of sp³-hybridized carbons (Fsp3) is 0.412. The van der Waals surface area contributed by atoms with Crippen molar-refractivity contribution in [1.82, 2.24) is 4.98 Å². The number of aromatic nitrogens is 1. The van der Waals surface area contributed by atoms with Crippen molar-refractivity contribution in [3.8, 4) is 0 Å². The summed E-state index contributed by atoms with van der Waals surface area (Å²) in [5, 5.41) is 0.991. The van der Waals surface area contributed by atoms with Crippen LogP contribution in [0.4, 0.5) is 0 Å². The number of hydrogen-bond donors (Lipinski definition) is 0. The number of fused-ring (bicyclic) bond motifs is 1. The van der Waals surface area contributed by atoms with Crippen LogP contribution in [-0.4, -0.2) is 10.8 Å². The molecule has 0 saturated heterocycles. The van der Waals surface area contributed by atoms with Gasteiger partial charge in [-0.25, -0.2) is 0 Å². The molecule has 0 N–H and O–H groups in total. The Morgan fingerprint density at radius 1 is 1.11 bits per heavy atom. The standard InChI is InChI=1S/C17H19NO/c19-17(12-13-6-2-1-3-7-13)15-10-11-18-16-9-5-4-8-14(15)16/h4-5,8-11,13H,1-3,6-7,12H2. The van der Waals surface area contributed by atoms with E-state index in [2.05, 4.69) is 4.98 Å². The normalized spacial score (nSPS) is 16.6. The van der Waals surface area contributed by atoms with Gasteiger partial charge in [-0.1, -0.05) is 50.3 Å². The van der Waals surface area contributed by atoms with Crippen LogP contribution in [0.5, 0.6) is 0 Å². The second-order valence-electron chi connectivity index (χ2n) is 5.51. The molecule has 2 heteroatoms. The van der Waals surface area contributed by atoms with Crippen LogP contribution in [0.15, 0.2) is 36.5 Å². The van der Waals surface area contributed by atoms with E-state index in [4.69, 9.17) is 0 Å². The molecule has 0 spiro atoms. The minimum atomic E-state index is 0.283. The summed E-state index contributed by atoms with van der Waals surface area (Å²) in [6, 6.07) is 9.77. The van der Waals surface area contributed by atoms with Gasteiger partial charge in [-0.2, -0.15) is 0 Å². The van der Waals surface area contributed by atoms with Crippen molar-refractivity contribution < 1.29 is 4.79 Å². The Bertz CT molecular complexity index is 579. The topological polar surface area (TPSA) is 30.0 Å². The van der Waals surface area contributed by atoms with Gasteiger partial charge >= 0.3 is 0 Å². The molecule has 0 amide bonds. The molecule has 0 aliphatic heterocycles. The molecule has 0 atom stereocenters. The molecule has 19 heavy (non-hydrogen) atoms. The van der Waals surface area contributed by atoms with Gasteiger partial charge in [0, 0.05) is 23.6 Å². The predicted octanol–water partition coefficient (Wildman–Crippen LogP) is 4.39. The van der Waals surface area contributed by atoms with Crippen LogP contribution in [0.2, 0.25) is 0 Å². The predicted molar refractivity (Wildman–Crippen MR) is 77.3 cm³/mol. The van der Waals surface area contributed by atoms with Gasteiger partial charge in [0.1, 0.15) is 0 Å². The van der Waals surface area contributed by atoms with Crippen molar-refractivity contribution in [2.75, 3.05) is 0 Å². The number of carbonyl (C=O) groups excluding carboxylic acids is 1. The van der Waals surface area contributed by atoms with Gasteiger partial charge < -0.3 is 0 Å². The summed E-state index contributed by atoms with van der Waals surface area (Å²) in [7, 11) is 0. The molecule has 2 aromatic rings. The number of ketones is 1. The molecule has 1 heterocycles. The maximum Gasteiger partial charge on any atom is 0.163 e. The maximum absolute atomic E-state index is 12.5. The van der Waals surface area contributed by atoms with Gasteiger partial charge in [0.05, 0.1) is 5.52 Å². The fourth-order valence-corrected chi connectivity index (χ4v) is 3.10. The van der Waals surface area contributed by atoms with E-state index in [1.54, 1.807) is 6.20 Å². The second kappa shape index (κ2) is 5.52. The lowest BCUT2D eigenvalue weighted by molar-refractivity contribution is 0.0952. The van der Waals surface area contributed by atoms with Gasteiger partial charge in [-0.05, 0) is 18.1 Å². The number of rotatable bonds is 3. The molecular weight excluding hydrogens is 234 g/mol. The number of hydrogen-bond acceptors (Lipinski definition) is 2. The lowest BCUT2D eigenvalue weighted by atomic mass is 9.84. The highest BCUT2D eigenvalue weighted by molar-refractivity contribution is 6.07. The summed E-state index contributed by atoms with van der Waals surface area (Å²) in [6.45, 7) is 0. The van der Waals surface area contributed by atoms with Crippen LogP contribution in [-0.2, 0) is 0 Å². The Kier molecular flexibility index (Phi) is 3.58. The van der Waals surface area contributed by atoms with Gasteiger partial charge in [0.25, 0.3) is 0 Å². The van der Waals surface area contributed by atoms with Crippen LogP contribution in [0, 0.1) is 5.92 Å². The number of benzene rings is 1. The van der Waals surface area contributed by atoms with Gasteiger partial charge in [-0.15, -0.1) is 0 Å². The first-order chi connectivity index (χ1) is 9.34. The third kappa shape index (κ3) is 2.67. The van der Waals surface area contributed by atoms with Crippen molar-refractivity contribution in [3.63, 3.8) is 0 Å². The fourth-order valence-electron chi connectivity index (χ4n) is 3.10. The number of carbonyl (C=O) groups is 1. The third-order valence-electron chi connectivity index (χ3n) is 4.15. The Morgan fingerprint density at radius 2 is 1.89 bits per heavy atom. The summed E-state index contributed by atoms with van der Waals surface area (Å²) >= 11 is 0. The lowest BCUT2D eigenvalue weighted by Gasteiger charge is -2.20. The number of pyridine rings is 1. The van der Waals surface area contributed by atoms with Crippen molar-refractivity contribution >= 4 is 16.7 Å². The molecule has 3 rings (SSSR count). The maximum atomic E-state index is 12.5. The molecule has 1 fully saturated rings. The van der Waals surface area contributed by atoms with Crippen molar-refractivity contribution in [2.45, 2.75) is 38.5 Å². The molecule has 1 aliphatic carbocycles. The van der Waals surface area contributed by atoms with Crippen LogP contribution in [0.3, 0.4) is 0 Å². The monoisotopic (exact) mass is 253 g/mol. The molecule has 0 bridgehead atoms. The Morgan fingerprint density at radius 3 is 2.74 bits per heavy atom. The van der Waals surface area contributed by atoms with Crippen LogP contribution in [0.25, 0.3) is 10.9 Å². The average Bonchev–Trinajstić information content (AvgIpc) is 2.47. The highest BCUT2D eigenvalue weighted by Crippen LogP contribution is 2.28. The Labute approximate surface area is 113 Å². The summed E-state index contributed by atoms with van der Waals surface area (Å²) in [5.41, 5.74) is 1.76. The van der Waals surface area contributed by atoms with E-state index >= 15 is 0 Å². The molecule has 2 nitrogen and oxygen atoms in total. The van der Waals surface area contributed by atoms with E-state index in [0.29, 0.717) is 12.3 Å². The molecule has 0 radical (unpaired) electrons. The molecule has 1 saturated carbocycles. The Balaban J connectivity index is 1.85. The third-order valence-corrected chi connectivity index (χ3v) is 4.15. The average molecular weight is 253 g/mol. The van der Waals surface area contributed by atoms with Gasteiger partial charge in [0.2, 0.25) is 0 Å². The van der Waals surface area contributed by atoms with E-state index < -0.39 is 0 Å². The SMILES string of the molecule is O=C(CC1CCCCC1)c1ccnc2ccccc12. The van der Waals surface area contributed by atoms with Crippen molar-refractivity contribution in [2.24, 2.45) is 5.92 Å². The highest BCUT2D eigenvalue weighted by atomic mass is 16.1. The van der Waals surface area contributed by atoms with E-state index in [1.165, 1.54) is 32.1 Å². The smallest absolute Gasteiger partial charge is 0.163 e. The van der Waals surface area contributed by atoms with E-state index in [9.17, 15) is 4.79 Å². The summed E-state index contributed by atoms with van der Waals surface area (Å²) in [6.07, 6.45) is 8.79. The zero-order valence-corrected chi connectivity index (χ0v) is 11.1. The minimum Gasteiger partial charge on any atom is -0.294 e. The summed E-state index contributed by atoms with van der Waals surface area (Å²) in [4.78, 5) is 16.8. The molecule has 98 valence electrons. The minimum absolute atomic E-state index is 0.283. The molecular formula is C17H19NO. The number of para-hydroxylation sites is 1. The molecule has 0 unspecified atom stereocenters. The first-order valence-electron chi connectivity index (χ1n) is 7.21. The van der Waals surface area contributed by atoms with Crippen LogP contribution >= 0.6 is 0 Å². The Hall–Kier alpha value is -1.70. The van der Waals surface area contributed by atoms with Crippen LogP contribution < -0.4 is 0 Å². The van der Waals surface area contributed by atoms with E-state index in [0.717, 1.165) is 16.5 Å². The zero-order valence-electron chi connectivity index (χ0n) is 11.1. The number of Topliss-reactive ketones (excluding diaryl/α,β-unsaturated/α-hetero) is 1. The van der Waals surface area contributed by atoms with Gasteiger partial charge in [-0.3, -0.25) is 9.78 Å². The molecule has 1 aromatic carbocycles. The summed E-state index contributed by atoms with van der Waals surface area (Å²) < 4.78 is 0. The van der Waals surface area contributed by atoms with Crippen LogP contribution in [0.1, 0.15) is 48.9 Å². The van der Waals surface area contributed by atoms with Gasteiger partial charge in [0.15, 0.2) is 5.78 Å². The highest BCUT2D eigenvalue weighted by Gasteiger charge is 2.19. The summed E-state index contributed by atoms with van der Waals surface area (Å²) in [5.74, 6) is 0.874. The lowest BCUT2D eigenvalue weighted by Crippen LogP contribution is -2.12. The first-order valence-corrected chi connectivity index (χ1v) is 7.21. The quantitative estimate of drug-likeness (QED) is 0.759. The molecule has 1 aromatic heterocycles. The van der Waals surface area contributed by atoms with E-state index in [-0.39, 0.29) is 5.78 Å². The first kappa shape index (κ1) is 12.3. The second-order valence-corrected chi connectivity index (χ2v) is 5.51.